The molecule has 2 aliphatic heterocycles. The smallest absolute Gasteiger partial charge is 0.326 e. The monoisotopic (exact) mass is 506 g/mol. The van der Waals surface area contributed by atoms with E-state index in [-0.39, 0.29) is 12.1 Å². The molecule has 1 aromatic heterocycles. The van der Waals surface area contributed by atoms with Crippen LogP contribution in [0.2, 0.25) is 0 Å². The van der Waals surface area contributed by atoms with Gasteiger partial charge in [-0.15, -0.1) is 0 Å². The molecule has 7 heteroatoms. The molecule has 7 nitrogen and oxygen atoms in total. The van der Waals surface area contributed by atoms with Gasteiger partial charge in [-0.2, -0.15) is 0 Å². The van der Waals surface area contributed by atoms with E-state index in [1.165, 1.54) is 13.5 Å². The maximum absolute atomic E-state index is 13.7. The van der Waals surface area contributed by atoms with Crippen molar-refractivity contribution >= 4 is 11.9 Å². The number of nitrogens with zero attached hydrogens (tertiary/aromatic N) is 1. The molecule has 37 heavy (non-hydrogen) atoms. The zero-order valence-corrected chi connectivity index (χ0v) is 22.1. The molecule has 1 aromatic carbocycles. The summed E-state index contributed by atoms with van der Waals surface area (Å²) in [7, 11) is 1.40. The summed E-state index contributed by atoms with van der Waals surface area (Å²) >= 11 is 0. The van der Waals surface area contributed by atoms with Crippen molar-refractivity contribution in [3.05, 3.63) is 66.0 Å². The van der Waals surface area contributed by atoms with Gasteiger partial charge in [0.15, 0.2) is 0 Å². The summed E-state index contributed by atoms with van der Waals surface area (Å²) < 4.78 is 18.2. The second-order valence-corrected chi connectivity index (χ2v) is 11.4. The lowest BCUT2D eigenvalue weighted by Crippen LogP contribution is -2.58. The van der Waals surface area contributed by atoms with Crippen LogP contribution in [0.4, 0.5) is 0 Å². The number of esters is 2. The number of pyridine rings is 1. The van der Waals surface area contributed by atoms with Crippen LogP contribution in [0.3, 0.4) is 0 Å². The second kappa shape index (κ2) is 10.5. The second-order valence-electron chi connectivity index (χ2n) is 11.4. The van der Waals surface area contributed by atoms with Gasteiger partial charge in [-0.3, -0.25) is 19.9 Å². The predicted molar refractivity (Wildman–Crippen MR) is 138 cm³/mol. The Labute approximate surface area is 219 Å². The minimum absolute atomic E-state index is 0.0372. The Morgan fingerprint density at radius 1 is 1.19 bits per heavy atom. The fourth-order valence-electron chi connectivity index (χ4n) is 6.87. The van der Waals surface area contributed by atoms with Crippen LogP contribution in [-0.2, 0) is 30.2 Å². The number of nitrogens with one attached hydrogen (secondary N) is 1. The van der Waals surface area contributed by atoms with Gasteiger partial charge in [0.05, 0.1) is 25.0 Å². The lowest BCUT2D eigenvalue weighted by atomic mass is 9.74. The third kappa shape index (κ3) is 4.79. The van der Waals surface area contributed by atoms with Gasteiger partial charge in [-0.05, 0) is 47.8 Å². The minimum atomic E-state index is -1.20. The van der Waals surface area contributed by atoms with Crippen LogP contribution in [0.5, 0.6) is 0 Å². The quantitative estimate of drug-likeness (QED) is 0.555. The zero-order valence-electron chi connectivity index (χ0n) is 22.1. The molecule has 0 amide bonds. The summed E-state index contributed by atoms with van der Waals surface area (Å²) in [5.74, 6) is -0.558. The number of aromatic nitrogens is 1. The van der Waals surface area contributed by atoms with Crippen LogP contribution < -0.4 is 5.32 Å². The summed E-state index contributed by atoms with van der Waals surface area (Å²) in [6, 6.07) is 13.1. The van der Waals surface area contributed by atoms with E-state index in [1.807, 2.05) is 42.5 Å². The molecule has 2 saturated heterocycles. The summed E-state index contributed by atoms with van der Waals surface area (Å²) in [5, 5.41) is 3.57. The van der Waals surface area contributed by atoms with E-state index in [9.17, 15) is 9.59 Å². The number of hydrogen-bond donors (Lipinski definition) is 1. The predicted octanol–water partition coefficient (Wildman–Crippen LogP) is 4.47. The van der Waals surface area contributed by atoms with Crippen LogP contribution >= 0.6 is 0 Å². The minimum Gasteiger partial charge on any atom is -0.468 e. The lowest BCUT2D eigenvalue weighted by Gasteiger charge is -2.40. The largest absolute Gasteiger partial charge is 0.468 e. The van der Waals surface area contributed by atoms with Crippen molar-refractivity contribution in [1.82, 2.24) is 10.3 Å². The Morgan fingerprint density at radius 2 is 1.97 bits per heavy atom. The number of cyclic esters (lactones) is 1. The number of ether oxygens (including phenoxy) is 3. The molecule has 0 spiro atoms. The molecule has 1 aliphatic carbocycles. The Morgan fingerprint density at radius 3 is 2.65 bits per heavy atom. The Kier molecular flexibility index (Phi) is 7.37. The molecule has 0 bridgehead atoms. The maximum Gasteiger partial charge on any atom is 0.326 e. The van der Waals surface area contributed by atoms with E-state index >= 15 is 0 Å². The molecule has 0 radical (unpaired) electrons. The summed E-state index contributed by atoms with van der Waals surface area (Å²) in [6.07, 6.45) is 6.08. The van der Waals surface area contributed by atoms with E-state index in [2.05, 4.69) is 31.1 Å². The first-order valence-electron chi connectivity index (χ1n) is 13.5. The van der Waals surface area contributed by atoms with E-state index in [4.69, 9.17) is 14.2 Å². The fraction of sp³-hybridized carbons (Fsp3) is 0.567. The van der Waals surface area contributed by atoms with Gasteiger partial charge in [0.2, 0.25) is 6.29 Å². The van der Waals surface area contributed by atoms with Crippen LogP contribution in [0.1, 0.15) is 57.2 Å². The van der Waals surface area contributed by atoms with Gasteiger partial charge < -0.3 is 14.2 Å². The van der Waals surface area contributed by atoms with Gasteiger partial charge >= 0.3 is 11.9 Å². The summed E-state index contributed by atoms with van der Waals surface area (Å²) in [4.78, 5) is 31.5. The molecular weight excluding hydrogens is 468 g/mol. The average molecular weight is 507 g/mol. The number of methoxy groups -OCH3 is 1. The molecule has 3 fully saturated rings. The molecule has 2 aromatic rings. The Hall–Kier alpha value is -2.77. The Balaban J connectivity index is 1.57. The highest BCUT2D eigenvalue weighted by atomic mass is 16.7. The zero-order chi connectivity index (χ0) is 26.2. The number of rotatable bonds is 7. The van der Waals surface area contributed by atoms with Crippen molar-refractivity contribution in [2.75, 3.05) is 7.11 Å². The summed E-state index contributed by atoms with van der Waals surface area (Å²) in [5.41, 5.74) is 0.599. The summed E-state index contributed by atoms with van der Waals surface area (Å²) in [6.45, 7) is 6.70. The molecule has 0 unspecified atom stereocenters. The van der Waals surface area contributed by atoms with Gasteiger partial charge in [-0.25, -0.2) is 0 Å². The van der Waals surface area contributed by atoms with Crippen LogP contribution in [0.15, 0.2) is 54.9 Å². The van der Waals surface area contributed by atoms with Gasteiger partial charge in [0.25, 0.3) is 0 Å². The van der Waals surface area contributed by atoms with E-state index < -0.39 is 35.7 Å². The van der Waals surface area contributed by atoms with Gasteiger partial charge in [0, 0.05) is 24.9 Å². The van der Waals surface area contributed by atoms with Gasteiger partial charge in [-0.1, -0.05) is 63.6 Å². The Bertz CT molecular complexity index is 1090. The number of benzene rings is 1. The normalized spacial score (nSPS) is 35.3. The van der Waals surface area contributed by atoms with E-state index in [1.54, 1.807) is 12.4 Å². The van der Waals surface area contributed by atoms with Crippen molar-refractivity contribution in [2.45, 2.75) is 70.4 Å². The van der Waals surface area contributed by atoms with Crippen LogP contribution in [0.25, 0.3) is 0 Å². The van der Waals surface area contributed by atoms with Crippen molar-refractivity contribution in [3.63, 3.8) is 0 Å². The first-order chi connectivity index (χ1) is 17.8. The highest BCUT2D eigenvalue weighted by Crippen LogP contribution is 2.52. The number of fused-ring (bicyclic) bond motifs is 1. The molecule has 198 valence electrons. The molecule has 3 aliphatic rings. The first kappa shape index (κ1) is 25.9. The number of carbonyl (C=O) groups is 2. The SMILES string of the molecule is COC(=O)[C@]1(Cc2ccccc2)N[C@H](c2cccnc2)[C@@H]2C(=O)O[C@@H](O[C@@H]3C[C@H](C)CC[C@H]3C(C)C)[C@@H]21. The van der Waals surface area contributed by atoms with E-state index in [0.29, 0.717) is 24.2 Å². The third-order valence-electron chi connectivity index (χ3n) is 8.72. The van der Waals surface area contributed by atoms with Crippen LogP contribution in [-0.4, -0.2) is 42.0 Å². The first-order valence-corrected chi connectivity index (χ1v) is 13.5. The molecule has 8 atom stereocenters. The molecule has 1 saturated carbocycles. The standard InChI is InChI=1S/C30H38N2O5/c1-18(2)22-13-12-19(3)15-23(22)36-28-25-24(27(33)37-28)26(21-11-8-14-31-17-21)32-30(25,29(34)35-4)16-20-9-6-5-7-10-20/h5-11,14,17-19,22-26,28,32H,12-13,15-16H2,1-4H3/t19-,22+,23-,24-,25-,26-,28-,30-/m1/s1. The number of hydrogen-bond acceptors (Lipinski definition) is 7. The van der Waals surface area contributed by atoms with Crippen LogP contribution in [0, 0.1) is 29.6 Å². The molecule has 1 N–H and O–H groups in total. The topological polar surface area (TPSA) is 86.8 Å². The van der Waals surface area contributed by atoms with E-state index in [0.717, 1.165) is 24.0 Å². The number of carbonyl (C=O) groups excluding carboxylic acids is 2. The van der Waals surface area contributed by atoms with Crippen molar-refractivity contribution in [2.24, 2.45) is 29.6 Å². The van der Waals surface area contributed by atoms with Crippen molar-refractivity contribution in [1.29, 1.82) is 0 Å². The lowest BCUT2D eigenvalue weighted by molar-refractivity contribution is -0.205. The van der Waals surface area contributed by atoms with Crippen molar-refractivity contribution in [3.8, 4) is 0 Å². The van der Waals surface area contributed by atoms with Crippen molar-refractivity contribution < 1.29 is 23.8 Å². The average Bonchev–Trinajstić information content (AvgIpc) is 3.41. The highest BCUT2D eigenvalue weighted by molar-refractivity contribution is 5.87. The molecule has 5 rings (SSSR count). The fourth-order valence-corrected chi connectivity index (χ4v) is 6.87. The third-order valence-corrected chi connectivity index (χ3v) is 8.72. The molecule has 3 heterocycles. The maximum atomic E-state index is 13.7. The highest BCUT2D eigenvalue weighted by Gasteiger charge is 2.68. The molecular formula is C30H38N2O5. The van der Waals surface area contributed by atoms with Gasteiger partial charge in [0.1, 0.15) is 5.54 Å².